The van der Waals surface area contributed by atoms with Gasteiger partial charge in [-0.25, -0.2) is 5.21 Å². The van der Waals surface area contributed by atoms with E-state index in [2.05, 4.69) is 4.99 Å². The lowest BCUT2D eigenvalue weighted by atomic mass is 10.2. The number of rotatable bonds is 3. The number of aromatic hydroxyl groups is 1. The maximum atomic E-state index is 10.8. The first kappa shape index (κ1) is 14.3. The monoisotopic (exact) mass is 311 g/mol. The van der Waals surface area contributed by atoms with Gasteiger partial charge >= 0.3 is 5.69 Å². The number of halogens is 2. The third-order valence-electron chi connectivity index (χ3n) is 2.48. The van der Waals surface area contributed by atoms with Crippen LogP contribution in [-0.2, 0) is 0 Å². The van der Waals surface area contributed by atoms with Crippen molar-refractivity contribution in [2.45, 2.75) is 0 Å². The molecule has 0 atom stereocenters. The topological polar surface area (TPSA) is 72.9 Å². The summed E-state index contributed by atoms with van der Waals surface area (Å²) < 4.78 is 0. The van der Waals surface area contributed by atoms with Crippen LogP contribution in [0.5, 0.6) is 5.75 Å². The van der Waals surface area contributed by atoms with Gasteiger partial charge in [-0.15, -0.1) is 0 Å². The molecule has 0 heterocycles. The van der Waals surface area contributed by atoms with Gasteiger partial charge < -0.3 is 5.11 Å². The van der Waals surface area contributed by atoms with Crippen LogP contribution in [-0.4, -0.2) is 21.5 Å². The molecule has 2 aromatic rings. The first-order valence-corrected chi connectivity index (χ1v) is 6.21. The van der Waals surface area contributed by atoms with Crippen molar-refractivity contribution in [1.29, 1.82) is 0 Å². The molecule has 7 heteroatoms. The second-order valence-corrected chi connectivity index (χ2v) is 4.71. The van der Waals surface area contributed by atoms with Crippen molar-refractivity contribution in [2.24, 2.45) is 4.99 Å². The molecule has 0 spiro atoms. The quantitative estimate of drug-likeness (QED) is 0.657. The number of nitrogens with zero attached hydrogens (tertiary/aromatic N) is 2. The van der Waals surface area contributed by atoms with E-state index in [9.17, 15) is 10.0 Å². The van der Waals surface area contributed by atoms with Crippen LogP contribution in [0.4, 0.5) is 11.4 Å². The van der Waals surface area contributed by atoms with Crippen molar-refractivity contribution in [2.75, 3.05) is 0 Å². The summed E-state index contributed by atoms with van der Waals surface area (Å²) in [5.74, 6) is -0.0856. The van der Waals surface area contributed by atoms with E-state index in [0.717, 1.165) is 0 Å². The van der Waals surface area contributed by atoms with E-state index in [1.54, 1.807) is 18.2 Å². The van der Waals surface area contributed by atoms with Crippen molar-refractivity contribution in [3.8, 4) is 5.75 Å². The van der Waals surface area contributed by atoms with Gasteiger partial charge in [0.25, 0.3) is 4.92 Å². The molecule has 0 saturated heterocycles. The number of aliphatic imine (C=N–C) groups is 1. The second kappa shape index (κ2) is 5.90. The molecular formula is C13H9Cl2N2O3+. The van der Waals surface area contributed by atoms with E-state index in [1.807, 2.05) is 0 Å². The number of phenols is 1. The second-order valence-electron chi connectivity index (χ2n) is 3.87. The molecular weight excluding hydrogens is 303 g/mol. The summed E-state index contributed by atoms with van der Waals surface area (Å²) >= 11 is 11.8. The fourth-order valence-electron chi connectivity index (χ4n) is 1.49. The fraction of sp³-hybridized carbons (Fsp3) is 0. The summed E-state index contributed by atoms with van der Waals surface area (Å²) in [6, 6.07) is 8.61. The van der Waals surface area contributed by atoms with E-state index >= 15 is 0 Å². The number of benzene rings is 2. The van der Waals surface area contributed by atoms with E-state index in [4.69, 9.17) is 28.4 Å². The van der Waals surface area contributed by atoms with Crippen LogP contribution in [0.3, 0.4) is 0 Å². The summed E-state index contributed by atoms with van der Waals surface area (Å²) in [5.41, 5.74) is 0.654. The first-order chi connectivity index (χ1) is 9.47. The van der Waals surface area contributed by atoms with Gasteiger partial charge in [0.15, 0.2) is 0 Å². The molecule has 2 N–H and O–H groups in total. The van der Waals surface area contributed by atoms with Crippen LogP contribution in [0.15, 0.2) is 41.4 Å². The van der Waals surface area contributed by atoms with Crippen molar-refractivity contribution >= 4 is 40.8 Å². The molecule has 20 heavy (non-hydrogen) atoms. The van der Waals surface area contributed by atoms with E-state index in [0.29, 0.717) is 15.7 Å². The van der Waals surface area contributed by atoms with Crippen LogP contribution in [0.2, 0.25) is 10.0 Å². The Morgan fingerprint density at radius 2 is 1.90 bits per heavy atom. The minimum Gasteiger partial charge on any atom is -0.507 e. The van der Waals surface area contributed by atoms with E-state index in [-0.39, 0.29) is 21.9 Å². The number of phenolic OH excluding ortho intramolecular Hbond substituents is 1. The van der Waals surface area contributed by atoms with Crippen molar-refractivity contribution in [3.05, 3.63) is 56.9 Å². The number of hydrogen-bond acceptors (Lipinski definition) is 3. The number of hydrogen-bond donors (Lipinski definition) is 2. The molecule has 0 radical (unpaired) electrons. The normalized spacial score (nSPS) is 10.9. The highest BCUT2D eigenvalue weighted by atomic mass is 35.5. The van der Waals surface area contributed by atoms with Gasteiger partial charge in [-0.05, 0) is 24.3 Å². The Bertz CT molecular complexity index is 702. The van der Waals surface area contributed by atoms with Gasteiger partial charge in [0.05, 0.1) is 15.6 Å². The molecule has 0 aliphatic rings. The van der Waals surface area contributed by atoms with Crippen molar-refractivity contribution in [3.63, 3.8) is 0 Å². The largest absolute Gasteiger partial charge is 0.507 e. The smallest absolute Gasteiger partial charge is 0.317 e. The Kier molecular flexibility index (Phi) is 4.22. The van der Waals surface area contributed by atoms with Gasteiger partial charge in [-0.2, -0.15) is 0 Å². The van der Waals surface area contributed by atoms with Crippen molar-refractivity contribution < 1.29 is 15.2 Å². The summed E-state index contributed by atoms with van der Waals surface area (Å²) in [6.07, 6.45) is 1.32. The summed E-state index contributed by atoms with van der Waals surface area (Å²) in [5, 5.41) is 19.4. The Balaban J connectivity index is 2.38. The van der Waals surface area contributed by atoms with Gasteiger partial charge in [-0.1, -0.05) is 23.2 Å². The Hall–Kier alpha value is -2.11. The van der Waals surface area contributed by atoms with Crippen LogP contribution in [0.25, 0.3) is 0 Å². The predicted octanol–water partition coefficient (Wildman–Crippen LogP) is 4.25. The third-order valence-corrected chi connectivity index (χ3v) is 3.04. The van der Waals surface area contributed by atoms with Crippen LogP contribution < -0.4 is 0 Å². The predicted molar refractivity (Wildman–Crippen MR) is 76.9 cm³/mol. The highest BCUT2D eigenvalue weighted by Gasteiger charge is 2.13. The van der Waals surface area contributed by atoms with Gasteiger partial charge in [-0.3, -0.25) is 4.99 Å². The van der Waals surface area contributed by atoms with Crippen molar-refractivity contribution in [1.82, 2.24) is 0 Å². The summed E-state index contributed by atoms with van der Waals surface area (Å²) in [4.78, 5) is 14.6. The molecule has 0 amide bonds. The third kappa shape index (κ3) is 3.26. The zero-order valence-electron chi connectivity index (χ0n) is 9.99. The lowest BCUT2D eigenvalue weighted by molar-refractivity contribution is -0.729. The zero-order valence-corrected chi connectivity index (χ0v) is 11.5. The summed E-state index contributed by atoms with van der Waals surface area (Å²) in [7, 11) is 0. The Morgan fingerprint density at radius 1 is 1.15 bits per heavy atom. The highest BCUT2D eigenvalue weighted by molar-refractivity contribution is 6.35. The molecule has 5 nitrogen and oxygen atoms in total. The standard InChI is InChI=1S/C13H8Cl2N2O3/c14-9-1-3-11(15)12(6-9)16-7-8-5-10(17(19)20)2-4-13(8)18/h1-7H,(H-,16,18,19,20)/p+1. The lowest BCUT2D eigenvalue weighted by Gasteiger charge is -2.00. The molecule has 102 valence electrons. The fourth-order valence-corrected chi connectivity index (χ4v) is 1.82. The van der Waals surface area contributed by atoms with Crippen LogP contribution >= 0.6 is 23.2 Å². The molecule has 0 unspecified atom stereocenters. The lowest BCUT2D eigenvalue weighted by Crippen LogP contribution is -1.93. The molecule has 0 aliphatic carbocycles. The molecule has 0 bridgehead atoms. The maximum Gasteiger partial charge on any atom is 0.317 e. The molecule has 0 fully saturated rings. The average molecular weight is 312 g/mol. The molecule has 0 aromatic heterocycles. The Labute approximate surface area is 124 Å². The maximum absolute atomic E-state index is 10.8. The minimum atomic E-state index is -0.302. The molecule has 2 rings (SSSR count). The first-order valence-electron chi connectivity index (χ1n) is 5.45. The van der Waals surface area contributed by atoms with Gasteiger partial charge in [0.2, 0.25) is 0 Å². The molecule has 0 saturated carbocycles. The molecule has 2 aromatic carbocycles. The Morgan fingerprint density at radius 3 is 2.60 bits per heavy atom. The minimum absolute atomic E-state index is 0.0264. The van der Waals surface area contributed by atoms with Crippen LogP contribution in [0, 0.1) is 4.91 Å². The van der Waals surface area contributed by atoms with Crippen LogP contribution in [0.1, 0.15) is 5.56 Å². The van der Waals surface area contributed by atoms with E-state index < -0.39 is 0 Å². The summed E-state index contributed by atoms with van der Waals surface area (Å²) in [6.45, 7) is 0. The molecule has 0 aliphatic heterocycles. The SMILES string of the molecule is O=[N+](O)c1ccc(O)c(/C=N/c2cc(Cl)ccc2Cl)c1. The van der Waals surface area contributed by atoms with E-state index in [1.165, 1.54) is 24.4 Å². The highest BCUT2D eigenvalue weighted by Crippen LogP contribution is 2.29. The van der Waals surface area contributed by atoms with Gasteiger partial charge in [0.1, 0.15) is 5.75 Å². The van der Waals surface area contributed by atoms with Gasteiger partial charge in [0, 0.05) is 28.9 Å². The zero-order chi connectivity index (χ0) is 14.7. The average Bonchev–Trinajstić information content (AvgIpc) is 2.41.